The molecule has 0 aliphatic carbocycles. The smallest absolute Gasteiger partial charge is 0.266 e. The maximum atomic E-state index is 12.5. The van der Waals surface area contributed by atoms with Crippen LogP contribution in [-0.2, 0) is 12.9 Å². The van der Waals surface area contributed by atoms with E-state index in [0.717, 1.165) is 0 Å². The molecule has 0 saturated heterocycles. The van der Waals surface area contributed by atoms with Gasteiger partial charge in [-0.15, -0.1) is 11.6 Å². The first-order valence-corrected chi connectivity index (χ1v) is 6.30. The van der Waals surface area contributed by atoms with Gasteiger partial charge in [-0.3, -0.25) is 14.0 Å². The van der Waals surface area contributed by atoms with Crippen molar-refractivity contribution < 1.29 is 0 Å². The highest BCUT2D eigenvalue weighted by Gasteiger charge is 2.12. The van der Waals surface area contributed by atoms with Gasteiger partial charge in [-0.1, -0.05) is 12.1 Å². The van der Waals surface area contributed by atoms with Gasteiger partial charge >= 0.3 is 0 Å². The molecule has 0 bridgehead atoms. The zero-order valence-corrected chi connectivity index (χ0v) is 11.0. The standard InChI is InChI=1S/C13H11ClN4O/c1-17-8-9(7-15-17)18-12(6-14)16-11-5-3-2-4-10(11)13(18)19/h2-5,7-8H,6H2,1H3. The summed E-state index contributed by atoms with van der Waals surface area (Å²) in [6.45, 7) is 0. The van der Waals surface area contributed by atoms with Crippen molar-refractivity contribution in [1.29, 1.82) is 0 Å². The number of hydrogen-bond donors (Lipinski definition) is 0. The molecular formula is C13H11ClN4O. The van der Waals surface area contributed by atoms with Gasteiger partial charge in [-0.2, -0.15) is 5.10 Å². The molecule has 1 aromatic carbocycles. The first kappa shape index (κ1) is 11.9. The minimum absolute atomic E-state index is 0.130. The normalized spacial score (nSPS) is 11.1. The molecule has 6 heteroatoms. The molecular weight excluding hydrogens is 264 g/mol. The number of halogens is 1. The highest BCUT2D eigenvalue weighted by atomic mass is 35.5. The van der Waals surface area contributed by atoms with Crippen molar-refractivity contribution in [1.82, 2.24) is 19.3 Å². The number of aryl methyl sites for hydroxylation is 1. The molecule has 0 atom stereocenters. The van der Waals surface area contributed by atoms with Crippen LogP contribution in [-0.4, -0.2) is 19.3 Å². The van der Waals surface area contributed by atoms with Crippen molar-refractivity contribution in [3.63, 3.8) is 0 Å². The Hall–Kier alpha value is -2.14. The zero-order chi connectivity index (χ0) is 13.4. The van der Waals surface area contributed by atoms with Crippen molar-refractivity contribution in [2.45, 2.75) is 5.88 Å². The number of para-hydroxylation sites is 1. The molecule has 19 heavy (non-hydrogen) atoms. The molecule has 0 unspecified atom stereocenters. The molecule has 0 radical (unpaired) electrons. The SMILES string of the molecule is Cn1cc(-n2c(CCl)nc3ccccc3c2=O)cn1. The van der Waals surface area contributed by atoms with E-state index in [2.05, 4.69) is 10.1 Å². The number of fused-ring (bicyclic) bond motifs is 1. The summed E-state index contributed by atoms with van der Waals surface area (Å²) in [7, 11) is 1.80. The molecule has 0 amide bonds. The molecule has 0 aliphatic heterocycles. The van der Waals surface area contributed by atoms with Crippen LogP contribution in [0.3, 0.4) is 0 Å². The topological polar surface area (TPSA) is 52.7 Å². The molecule has 0 aliphatic rings. The van der Waals surface area contributed by atoms with Crippen LogP contribution in [0.2, 0.25) is 0 Å². The number of nitrogens with zero attached hydrogens (tertiary/aromatic N) is 4. The molecule has 0 N–H and O–H groups in total. The lowest BCUT2D eigenvalue weighted by molar-refractivity contribution is 0.766. The van der Waals surface area contributed by atoms with Crippen molar-refractivity contribution >= 4 is 22.5 Å². The Bertz CT molecular complexity index is 806. The fraction of sp³-hybridized carbons (Fsp3) is 0.154. The van der Waals surface area contributed by atoms with E-state index in [-0.39, 0.29) is 11.4 Å². The predicted octanol–water partition coefficient (Wildman–Crippen LogP) is 1.86. The third-order valence-electron chi connectivity index (χ3n) is 2.91. The Kier molecular flexibility index (Phi) is 2.83. The summed E-state index contributed by atoms with van der Waals surface area (Å²) in [5.41, 5.74) is 1.19. The van der Waals surface area contributed by atoms with Gasteiger partial charge in [0.15, 0.2) is 0 Å². The van der Waals surface area contributed by atoms with Crippen LogP contribution < -0.4 is 5.56 Å². The molecule has 0 saturated carbocycles. The van der Waals surface area contributed by atoms with Crippen LogP contribution in [0.5, 0.6) is 0 Å². The average molecular weight is 275 g/mol. The molecule has 0 fully saturated rings. The van der Waals surface area contributed by atoms with E-state index in [0.29, 0.717) is 22.4 Å². The fourth-order valence-electron chi connectivity index (χ4n) is 2.06. The Morgan fingerprint density at radius 2 is 2.11 bits per heavy atom. The number of rotatable bonds is 2. The Morgan fingerprint density at radius 3 is 2.79 bits per heavy atom. The summed E-state index contributed by atoms with van der Waals surface area (Å²) in [5, 5.41) is 4.65. The van der Waals surface area contributed by atoms with Crippen molar-refractivity contribution in [2.75, 3.05) is 0 Å². The highest BCUT2D eigenvalue weighted by molar-refractivity contribution is 6.16. The van der Waals surface area contributed by atoms with Crippen LogP contribution in [0.1, 0.15) is 5.82 Å². The Labute approximate surface area is 114 Å². The minimum atomic E-state index is -0.130. The largest absolute Gasteiger partial charge is 0.274 e. The summed E-state index contributed by atoms with van der Waals surface area (Å²) in [6, 6.07) is 7.23. The van der Waals surface area contributed by atoms with Crippen LogP contribution >= 0.6 is 11.6 Å². The summed E-state index contributed by atoms with van der Waals surface area (Å²) in [5.74, 6) is 0.674. The lowest BCUT2D eigenvalue weighted by atomic mass is 10.2. The van der Waals surface area contributed by atoms with Gasteiger partial charge in [0, 0.05) is 13.2 Å². The first-order chi connectivity index (χ1) is 9.20. The number of hydrogen-bond acceptors (Lipinski definition) is 3. The van der Waals surface area contributed by atoms with Gasteiger partial charge in [-0.05, 0) is 12.1 Å². The van der Waals surface area contributed by atoms with Crippen molar-refractivity contribution in [2.24, 2.45) is 7.05 Å². The van der Waals surface area contributed by atoms with Crippen LogP contribution in [0.25, 0.3) is 16.6 Å². The third kappa shape index (κ3) is 1.92. The van der Waals surface area contributed by atoms with E-state index in [1.165, 1.54) is 4.57 Å². The predicted molar refractivity (Wildman–Crippen MR) is 73.7 cm³/mol. The quantitative estimate of drug-likeness (QED) is 0.670. The molecule has 0 spiro atoms. The van der Waals surface area contributed by atoms with Gasteiger partial charge in [-0.25, -0.2) is 4.98 Å². The summed E-state index contributed by atoms with van der Waals surface area (Å²) < 4.78 is 3.14. The summed E-state index contributed by atoms with van der Waals surface area (Å²) in [6.07, 6.45) is 3.38. The molecule has 5 nitrogen and oxygen atoms in total. The first-order valence-electron chi connectivity index (χ1n) is 5.76. The Balaban J connectivity index is 2.40. The maximum Gasteiger partial charge on any atom is 0.266 e. The number of alkyl halides is 1. The second-order valence-electron chi connectivity index (χ2n) is 4.19. The third-order valence-corrected chi connectivity index (χ3v) is 3.15. The zero-order valence-electron chi connectivity index (χ0n) is 10.2. The minimum Gasteiger partial charge on any atom is -0.274 e. The molecule has 3 rings (SSSR count). The van der Waals surface area contributed by atoms with E-state index in [1.807, 2.05) is 12.1 Å². The van der Waals surface area contributed by atoms with E-state index < -0.39 is 0 Å². The molecule has 96 valence electrons. The van der Waals surface area contributed by atoms with Crippen LogP contribution in [0, 0.1) is 0 Å². The maximum absolute atomic E-state index is 12.5. The lowest BCUT2D eigenvalue weighted by Gasteiger charge is -2.09. The van der Waals surface area contributed by atoms with E-state index in [4.69, 9.17) is 11.6 Å². The van der Waals surface area contributed by atoms with Crippen molar-refractivity contribution in [3.8, 4) is 5.69 Å². The van der Waals surface area contributed by atoms with Gasteiger partial charge < -0.3 is 0 Å². The average Bonchev–Trinajstić information content (AvgIpc) is 2.84. The van der Waals surface area contributed by atoms with E-state index in [9.17, 15) is 4.79 Å². The number of benzene rings is 1. The lowest BCUT2D eigenvalue weighted by Crippen LogP contribution is -2.23. The molecule has 3 aromatic rings. The highest BCUT2D eigenvalue weighted by Crippen LogP contribution is 2.13. The van der Waals surface area contributed by atoms with Gasteiger partial charge in [0.1, 0.15) is 5.82 Å². The van der Waals surface area contributed by atoms with E-state index in [1.54, 1.807) is 36.3 Å². The van der Waals surface area contributed by atoms with E-state index >= 15 is 0 Å². The van der Waals surface area contributed by atoms with Gasteiger partial charge in [0.25, 0.3) is 5.56 Å². The van der Waals surface area contributed by atoms with Gasteiger partial charge in [0.05, 0.1) is 28.7 Å². The van der Waals surface area contributed by atoms with Gasteiger partial charge in [0.2, 0.25) is 0 Å². The monoisotopic (exact) mass is 274 g/mol. The Morgan fingerprint density at radius 1 is 1.32 bits per heavy atom. The van der Waals surface area contributed by atoms with Crippen LogP contribution in [0.15, 0.2) is 41.5 Å². The molecule has 2 heterocycles. The van der Waals surface area contributed by atoms with Crippen LogP contribution in [0.4, 0.5) is 0 Å². The fourth-order valence-corrected chi connectivity index (χ4v) is 2.24. The second-order valence-corrected chi connectivity index (χ2v) is 4.46. The number of aromatic nitrogens is 4. The summed E-state index contributed by atoms with van der Waals surface area (Å²) >= 11 is 5.91. The van der Waals surface area contributed by atoms with Crippen molar-refractivity contribution in [3.05, 3.63) is 52.8 Å². The summed E-state index contributed by atoms with van der Waals surface area (Å²) in [4.78, 5) is 17.0. The second kappa shape index (κ2) is 4.51. The molecule has 2 aromatic heterocycles.